The van der Waals surface area contributed by atoms with Gasteiger partial charge in [0.15, 0.2) is 0 Å². The van der Waals surface area contributed by atoms with Crippen LogP contribution in [0.4, 0.5) is 5.82 Å². The molecule has 5 rings (SSSR count). The largest absolute Gasteiger partial charge is 0.340 e. The molecule has 6 nitrogen and oxygen atoms in total. The van der Waals surface area contributed by atoms with Gasteiger partial charge in [0.2, 0.25) is 0 Å². The Morgan fingerprint density at radius 1 is 0.862 bits per heavy atom. The number of hydrogen-bond donors (Lipinski definition) is 1. The van der Waals surface area contributed by atoms with E-state index in [9.17, 15) is 0 Å². The normalized spacial score (nSPS) is 11.2. The van der Waals surface area contributed by atoms with Gasteiger partial charge in [0.25, 0.3) is 0 Å². The first-order valence-electron chi connectivity index (χ1n) is 9.34. The van der Waals surface area contributed by atoms with E-state index < -0.39 is 0 Å². The second-order valence-electron chi connectivity index (χ2n) is 7.18. The van der Waals surface area contributed by atoms with Gasteiger partial charge in [-0.15, -0.1) is 0 Å². The van der Waals surface area contributed by atoms with E-state index in [0.29, 0.717) is 0 Å². The van der Waals surface area contributed by atoms with Crippen LogP contribution in [0.15, 0.2) is 73.8 Å². The Balaban J connectivity index is 1.45. The maximum Gasteiger partial charge on any atom is 0.130 e. The lowest BCUT2D eigenvalue weighted by molar-refractivity contribution is 0.768. The van der Waals surface area contributed by atoms with E-state index in [1.54, 1.807) is 0 Å². The van der Waals surface area contributed by atoms with Crippen molar-refractivity contribution in [2.75, 3.05) is 5.32 Å². The number of aromatic nitrogens is 5. The fraction of sp³-hybridized carbons (Fsp3) is 0.0870. The van der Waals surface area contributed by atoms with Gasteiger partial charge in [0, 0.05) is 48.5 Å². The molecule has 5 aromatic rings. The minimum atomic E-state index is 0.761. The van der Waals surface area contributed by atoms with Gasteiger partial charge in [0.1, 0.15) is 5.82 Å². The van der Waals surface area contributed by atoms with Gasteiger partial charge in [-0.25, -0.2) is 4.98 Å². The van der Waals surface area contributed by atoms with Gasteiger partial charge in [-0.05, 0) is 40.8 Å². The van der Waals surface area contributed by atoms with Crippen molar-refractivity contribution in [3.05, 3.63) is 79.4 Å². The van der Waals surface area contributed by atoms with E-state index >= 15 is 0 Å². The molecule has 0 unspecified atom stereocenters. The first-order valence-corrected chi connectivity index (χ1v) is 9.34. The van der Waals surface area contributed by atoms with Crippen molar-refractivity contribution in [3.63, 3.8) is 0 Å². The van der Waals surface area contributed by atoms with Crippen molar-refractivity contribution >= 4 is 33.2 Å². The van der Waals surface area contributed by atoms with Crippen LogP contribution in [0.1, 0.15) is 5.56 Å². The smallest absolute Gasteiger partial charge is 0.130 e. The summed E-state index contributed by atoms with van der Waals surface area (Å²) in [5.74, 6) is 0.761. The highest BCUT2D eigenvalue weighted by Gasteiger charge is 2.07. The zero-order chi connectivity index (χ0) is 20.0. The van der Waals surface area contributed by atoms with Gasteiger partial charge >= 0.3 is 0 Å². The molecule has 0 aliphatic heterocycles. The number of hydrogen-bond acceptors (Lipinski definition) is 4. The van der Waals surface area contributed by atoms with Crippen LogP contribution >= 0.6 is 0 Å². The van der Waals surface area contributed by atoms with Gasteiger partial charge in [-0.1, -0.05) is 24.8 Å². The molecule has 3 heterocycles. The molecular weight excluding hydrogens is 360 g/mol. The SMILES string of the molecule is C=C(Nc1cc2cc(-c3cnn(C)c3)ccc2cn1)c1ccc2c(cnn2C)c1. The molecule has 142 valence electrons. The number of benzene rings is 2. The van der Waals surface area contributed by atoms with E-state index in [1.165, 1.54) is 0 Å². The van der Waals surface area contributed by atoms with Crippen molar-refractivity contribution in [3.8, 4) is 11.1 Å². The lowest BCUT2D eigenvalue weighted by Gasteiger charge is -2.11. The highest BCUT2D eigenvalue weighted by atomic mass is 15.2. The van der Waals surface area contributed by atoms with Crippen LogP contribution in [-0.4, -0.2) is 24.5 Å². The summed E-state index contributed by atoms with van der Waals surface area (Å²) in [7, 11) is 3.86. The predicted octanol–water partition coefficient (Wildman–Crippen LogP) is 4.60. The molecule has 0 saturated carbocycles. The fourth-order valence-corrected chi connectivity index (χ4v) is 3.54. The molecule has 0 fully saturated rings. The quantitative estimate of drug-likeness (QED) is 0.495. The fourth-order valence-electron chi connectivity index (χ4n) is 3.54. The molecule has 0 aliphatic carbocycles. The summed E-state index contributed by atoms with van der Waals surface area (Å²) in [5.41, 5.74) is 5.12. The molecule has 0 radical (unpaired) electrons. The topological polar surface area (TPSA) is 60.6 Å². The van der Waals surface area contributed by atoms with E-state index in [-0.39, 0.29) is 0 Å². The van der Waals surface area contributed by atoms with Crippen molar-refractivity contribution in [1.82, 2.24) is 24.5 Å². The minimum Gasteiger partial charge on any atom is -0.340 e. The Labute approximate surface area is 168 Å². The van der Waals surface area contributed by atoms with Crippen LogP contribution in [0.3, 0.4) is 0 Å². The number of pyridine rings is 1. The monoisotopic (exact) mass is 380 g/mol. The third kappa shape index (κ3) is 3.14. The predicted molar refractivity (Wildman–Crippen MR) is 117 cm³/mol. The number of rotatable bonds is 4. The Hall–Kier alpha value is -3.93. The molecule has 0 atom stereocenters. The molecule has 0 bridgehead atoms. The summed E-state index contributed by atoms with van der Waals surface area (Å²) in [4.78, 5) is 4.54. The average molecular weight is 380 g/mol. The van der Waals surface area contributed by atoms with Crippen molar-refractivity contribution in [2.24, 2.45) is 14.1 Å². The van der Waals surface area contributed by atoms with Crippen LogP contribution in [0.25, 0.3) is 38.5 Å². The van der Waals surface area contributed by atoms with Crippen LogP contribution < -0.4 is 5.32 Å². The molecule has 2 aromatic carbocycles. The minimum absolute atomic E-state index is 0.761. The van der Waals surface area contributed by atoms with Gasteiger partial charge < -0.3 is 5.32 Å². The third-order valence-corrected chi connectivity index (χ3v) is 5.13. The Kier molecular flexibility index (Phi) is 3.91. The second kappa shape index (κ2) is 6.60. The van der Waals surface area contributed by atoms with Crippen LogP contribution in [0, 0.1) is 0 Å². The van der Waals surface area contributed by atoms with Gasteiger partial charge in [0.05, 0.1) is 17.9 Å². The maximum absolute atomic E-state index is 4.54. The highest BCUT2D eigenvalue weighted by Crippen LogP contribution is 2.26. The standard InChI is InChI=1S/C23H20N6/c1-15(16-6-7-22-20(8-16)12-26-29(22)3)27-23-10-19-9-17(4-5-18(19)11-24-23)21-13-25-28(2)14-21/h4-14H,1H2,2-3H3,(H,24,27). The molecule has 0 aliphatic rings. The van der Waals surface area contributed by atoms with E-state index in [4.69, 9.17) is 0 Å². The summed E-state index contributed by atoms with van der Waals surface area (Å²) >= 11 is 0. The lowest BCUT2D eigenvalue weighted by Crippen LogP contribution is -1.99. The van der Waals surface area contributed by atoms with Crippen molar-refractivity contribution in [1.29, 1.82) is 0 Å². The number of aryl methyl sites for hydroxylation is 2. The zero-order valence-corrected chi connectivity index (χ0v) is 16.3. The van der Waals surface area contributed by atoms with E-state index in [2.05, 4.69) is 57.4 Å². The van der Waals surface area contributed by atoms with Crippen LogP contribution in [0.5, 0.6) is 0 Å². The number of fused-ring (bicyclic) bond motifs is 2. The molecule has 29 heavy (non-hydrogen) atoms. The first-order chi connectivity index (χ1) is 14.1. The Morgan fingerprint density at radius 3 is 2.59 bits per heavy atom. The summed E-state index contributed by atoms with van der Waals surface area (Å²) in [5, 5.41) is 15.2. The number of nitrogens with zero attached hydrogens (tertiary/aromatic N) is 5. The molecule has 0 saturated heterocycles. The Bertz CT molecular complexity index is 1370. The molecule has 6 heteroatoms. The highest BCUT2D eigenvalue weighted by molar-refractivity contribution is 5.90. The van der Waals surface area contributed by atoms with Crippen molar-refractivity contribution in [2.45, 2.75) is 0 Å². The lowest BCUT2D eigenvalue weighted by atomic mass is 10.0. The molecule has 0 spiro atoms. The van der Waals surface area contributed by atoms with Gasteiger partial charge in [-0.2, -0.15) is 10.2 Å². The molecule has 1 N–H and O–H groups in total. The van der Waals surface area contributed by atoms with Crippen LogP contribution in [-0.2, 0) is 14.1 Å². The molecular formula is C23H20N6. The summed E-state index contributed by atoms with van der Waals surface area (Å²) in [6.45, 7) is 4.19. The van der Waals surface area contributed by atoms with Gasteiger partial charge in [-0.3, -0.25) is 9.36 Å². The molecule has 3 aromatic heterocycles. The van der Waals surface area contributed by atoms with E-state index in [1.807, 2.05) is 60.4 Å². The maximum atomic E-state index is 4.54. The van der Waals surface area contributed by atoms with Crippen molar-refractivity contribution < 1.29 is 0 Å². The van der Waals surface area contributed by atoms with E-state index in [0.717, 1.165) is 49.9 Å². The number of anilines is 1. The first kappa shape index (κ1) is 17.2. The number of nitrogens with one attached hydrogen (secondary N) is 1. The summed E-state index contributed by atoms with van der Waals surface area (Å²) in [6, 6.07) is 14.6. The summed E-state index contributed by atoms with van der Waals surface area (Å²) < 4.78 is 3.67. The second-order valence-corrected chi connectivity index (χ2v) is 7.18. The Morgan fingerprint density at radius 2 is 1.76 bits per heavy atom. The zero-order valence-electron chi connectivity index (χ0n) is 16.3. The average Bonchev–Trinajstić information content (AvgIpc) is 3.33. The van der Waals surface area contributed by atoms with Crippen LogP contribution in [0.2, 0.25) is 0 Å². The third-order valence-electron chi connectivity index (χ3n) is 5.13. The molecule has 0 amide bonds. The summed E-state index contributed by atoms with van der Waals surface area (Å²) in [6.07, 6.45) is 7.62.